The molecule has 1 spiro atoms. The summed E-state index contributed by atoms with van der Waals surface area (Å²) in [6.45, 7) is -0.239. The number of hydrogen-bond donors (Lipinski definition) is 2. The van der Waals surface area contributed by atoms with Crippen molar-refractivity contribution in [3.05, 3.63) is 42.1 Å². The molecule has 32 heavy (non-hydrogen) atoms. The summed E-state index contributed by atoms with van der Waals surface area (Å²) in [6.07, 6.45) is 1.83. The minimum atomic E-state index is -3.14. The number of halogens is 4. The van der Waals surface area contributed by atoms with Gasteiger partial charge in [-0.1, -0.05) is 0 Å². The number of nitrogens with one attached hydrogen (secondary N) is 2. The van der Waals surface area contributed by atoms with Crippen molar-refractivity contribution in [3.63, 3.8) is 0 Å². The minimum Gasteiger partial charge on any atom is -0.491 e. The topological polar surface area (TPSA) is 95.4 Å². The third kappa shape index (κ3) is 3.65. The van der Waals surface area contributed by atoms with Crippen molar-refractivity contribution in [2.24, 2.45) is 5.41 Å². The number of carbonyl (C=O) groups excluding carboxylic acids is 1. The predicted octanol–water partition coefficient (Wildman–Crippen LogP) is 3.65. The summed E-state index contributed by atoms with van der Waals surface area (Å²) in [5.41, 5.74) is -1.28. The molecule has 4 rings (SSSR count). The van der Waals surface area contributed by atoms with Crippen LogP contribution < -0.4 is 15.0 Å². The summed E-state index contributed by atoms with van der Waals surface area (Å²) in [6, 6.07) is 3.59. The van der Waals surface area contributed by atoms with Gasteiger partial charge in [-0.05, 0) is 30.7 Å². The van der Waals surface area contributed by atoms with Gasteiger partial charge in [0.15, 0.2) is 11.6 Å². The van der Waals surface area contributed by atoms with Crippen LogP contribution in [0.1, 0.15) is 12.8 Å². The lowest BCUT2D eigenvalue weighted by Gasteiger charge is -2.27. The van der Waals surface area contributed by atoms with Gasteiger partial charge in [-0.15, -0.1) is 0 Å². The van der Waals surface area contributed by atoms with Gasteiger partial charge in [0.25, 0.3) is 5.92 Å². The molecule has 1 saturated carbocycles. The molecule has 2 aromatic rings. The van der Waals surface area contributed by atoms with E-state index in [2.05, 4.69) is 10.3 Å². The maximum atomic E-state index is 14.3. The van der Waals surface area contributed by atoms with Crippen LogP contribution >= 0.6 is 0 Å². The maximum Gasteiger partial charge on any atom is 0.256 e. The Balaban J connectivity index is 1.69. The van der Waals surface area contributed by atoms with Crippen molar-refractivity contribution in [3.8, 4) is 5.75 Å². The molecule has 1 amide bonds. The average molecular weight is 472 g/mol. The SMILES string of the molecule is COc1c(N2C[C@@]3(CC2C(=O)Nc2ccnc([S@](C)(=N)=O)c2)CC3(F)F)ccc(F)c1F. The molecular formula is C20H20F4N4O3S. The van der Waals surface area contributed by atoms with Crippen LogP contribution in [0.4, 0.5) is 28.9 Å². The van der Waals surface area contributed by atoms with Crippen molar-refractivity contribution in [1.29, 1.82) is 4.78 Å². The molecule has 2 fully saturated rings. The Morgan fingerprint density at radius 3 is 2.62 bits per heavy atom. The minimum absolute atomic E-state index is 0.00993. The van der Waals surface area contributed by atoms with E-state index in [9.17, 15) is 26.6 Å². The second-order valence-corrected chi connectivity index (χ2v) is 10.2. The van der Waals surface area contributed by atoms with E-state index in [-0.39, 0.29) is 29.4 Å². The summed E-state index contributed by atoms with van der Waals surface area (Å²) >= 11 is 0. The first-order valence-corrected chi connectivity index (χ1v) is 11.5. The molecule has 0 radical (unpaired) electrons. The number of nitrogens with zero attached hydrogens (tertiary/aromatic N) is 2. The van der Waals surface area contributed by atoms with Gasteiger partial charge in [0.05, 0.1) is 27.9 Å². The number of anilines is 2. The smallest absolute Gasteiger partial charge is 0.256 e. The summed E-state index contributed by atoms with van der Waals surface area (Å²) in [4.78, 5) is 18.2. The van der Waals surface area contributed by atoms with Gasteiger partial charge in [-0.3, -0.25) is 4.79 Å². The van der Waals surface area contributed by atoms with E-state index in [0.29, 0.717) is 0 Å². The molecule has 1 aliphatic carbocycles. The highest BCUT2D eigenvalue weighted by molar-refractivity contribution is 7.91. The summed E-state index contributed by atoms with van der Waals surface area (Å²) in [7, 11) is -2.02. The first-order valence-electron chi connectivity index (χ1n) is 9.56. The number of benzene rings is 1. The van der Waals surface area contributed by atoms with E-state index in [1.807, 2.05) is 0 Å². The Hall–Kier alpha value is -2.89. The lowest BCUT2D eigenvalue weighted by Crippen LogP contribution is -2.40. The van der Waals surface area contributed by atoms with Crippen molar-refractivity contribution < 1.29 is 31.3 Å². The number of hydrogen-bond acceptors (Lipinski definition) is 6. The van der Waals surface area contributed by atoms with Crippen LogP contribution in [0.25, 0.3) is 0 Å². The van der Waals surface area contributed by atoms with E-state index >= 15 is 0 Å². The molecule has 2 aliphatic rings. The molecule has 3 atom stereocenters. The molecular weight excluding hydrogens is 452 g/mol. The standard InChI is InChI=1S/C20H20F4N4O3S/c1-31-17-13(4-3-12(21)16(17)22)28-10-19(9-20(19,23)24)8-14(28)18(29)27-11-5-6-26-15(7-11)32(2,25)30/h3-7,14,25H,8-10H2,1-2H3,(H,26,27,29)/t14?,19-,32-/m1/s1. The molecule has 1 saturated heterocycles. The highest BCUT2D eigenvalue weighted by Crippen LogP contribution is 2.67. The van der Waals surface area contributed by atoms with E-state index < -0.39 is 56.8 Å². The number of pyridine rings is 1. The van der Waals surface area contributed by atoms with E-state index in [1.165, 1.54) is 35.6 Å². The monoisotopic (exact) mass is 472 g/mol. The van der Waals surface area contributed by atoms with E-state index in [4.69, 9.17) is 9.52 Å². The van der Waals surface area contributed by atoms with Gasteiger partial charge in [-0.2, -0.15) is 4.39 Å². The first kappa shape index (κ1) is 22.3. The molecule has 0 bridgehead atoms. The average Bonchev–Trinajstić information content (AvgIpc) is 3.04. The normalized spacial score (nSPS) is 25.4. The first-order chi connectivity index (χ1) is 14.9. The lowest BCUT2D eigenvalue weighted by atomic mass is 10.0. The van der Waals surface area contributed by atoms with Gasteiger partial charge in [0.1, 0.15) is 11.1 Å². The molecule has 2 heterocycles. The van der Waals surface area contributed by atoms with Gasteiger partial charge in [-0.25, -0.2) is 27.1 Å². The molecule has 172 valence electrons. The number of methoxy groups -OCH3 is 1. The predicted molar refractivity (Wildman–Crippen MR) is 109 cm³/mol. The molecule has 2 N–H and O–H groups in total. The Morgan fingerprint density at radius 2 is 2.03 bits per heavy atom. The number of rotatable bonds is 5. The lowest BCUT2D eigenvalue weighted by molar-refractivity contribution is -0.117. The van der Waals surface area contributed by atoms with Crippen molar-refractivity contribution in [1.82, 2.24) is 4.98 Å². The molecule has 1 aromatic carbocycles. The second-order valence-electron chi connectivity index (χ2n) is 8.14. The highest BCUT2D eigenvalue weighted by Gasteiger charge is 2.75. The molecule has 1 aliphatic heterocycles. The number of amides is 1. The fraction of sp³-hybridized carbons (Fsp3) is 0.400. The molecule has 1 unspecified atom stereocenters. The summed E-state index contributed by atoms with van der Waals surface area (Å²) in [5.74, 6) is -6.56. The number of ether oxygens (including phenoxy) is 1. The van der Waals surface area contributed by atoms with Crippen molar-refractivity contribution in [2.75, 3.05) is 30.1 Å². The Labute approximate surface area is 181 Å². The van der Waals surface area contributed by atoms with Crippen LogP contribution in [0.3, 0.4) is 0 Å². The van der Waals surface area contributed by atoms with Gasteiger partial charge < -0.3 is 15.0 Å². The van der Waals surface area contributed by atoms with Crippen molar-refractivity contribution in [2.45, 2.75) is 29.8 Å². The van der Waals surface area contributed by atoms with Crippen LogP contribution in [0.5, 0.6) is 5.75 Å². The zero-order valence-corrected chi connectivity index (χ0v) is 17.9. The zero-order chi connectivity index (χ0) is 23.5. The van der Waals surface area contributed by atoms with Gasteiger partial charge in [0.2, 0.25) is 11.7 Å². The summed E-state index contributed by atoms with van der Waals surface area (Å²) in [5, 5.41) is 2.52. The fourth-order valence-electron chi connectivity index (χ4n) is 4.11. The van der Waals surface area contributed by atoms with Crippen LogP contribution in [0, 0.1) is 21.8 Å². The van der Waals surface area contributed by atoms with Crippen LogP contribution in [-0.2, 0) is 14.5 Å². The number of aromatic nitrogens is 1. The van der Waals surface area contributed by atoms with Crippen LogP contribution in [0.2, 0.25) is 0 Å². The molecule has 1 aromatic heterocycles. The Bertz CT molecular complexity index is 1210. The van der Waals surface area contributed by atoms with Gasteiger partial charge in [0, 0.05) is 31.1 Å². The van der Waals surface area contributed by atoms with Gasteiger partial charge >= 0.3 is 0 Å². The molecule has 12 heteroatoms. The van der Waals surface area contributed by atoms with E-state index in [0.717, 1.165) is 13.2 Å². The third-order valence-electron chi connectivity index (χ3n) is 5.89. The largest absolute Gasteiger partial charge is 0.491 e. The zero-order valence-electron chi connectivity index (χ0n) is 17.1. The Kier molecular flexibility index (Phi) is 5.11. The fourth-order valence-corrected chi connectivity index (χ4v) is 4.72. The highest BCUT2D eigenvalue weighted by atomic mass is 32.2. The second kappa shape index (κ2) is 7.32. The van der Waals surface area contributed by atoms with Crippen LogP contribution in [-0.4, -0.2) is 47.0 Å². The molecule has 7 nitrogen and oxygen atoms in total. The van der Waals surface area contributed by atoms with Crippen LogP contribution in [0.15, 0.2) is 35.5 Å². The van der Waals surface area contributed by atoms with E-state index in [1.54, 1.807) is 0 Å². The maximum absolute atomic E-state index is 14.3. The number of carbonyl (C=O) groups is 1. The number of alkyl halides is 2. The van der Waals surface area contributed by atoms with Crippen molar-refractivity contribution >= 4 is 27.0 Å². The summed E-state index contributed by atoms with van der Waals surface area (Å²) < 4.78 is 80.8. The Morgan fingerprint density at radius 1 is 1.34 bits per heavy atom. The quantitative estimate of drug-likeness (QED) is 0.648. The third-order valence-corrected chi connectivity index (χ3v) is 6.91.